The summed E-state index contributed by atoms with van der Waals surface area (Å²) in [5, 5.41) is 0. The third kappa shape index (κ3) is 3.64. The predicted molar refractivity (Wildman–Crippen MR) is 102 cm³/mol. The SMILES string of the molecule is c1ccc(CN2CCN(c3ccc(C4CCCC4)cc3)CC2)cc1. The first-order chi connectivity index (χ1) is 11.9. The fraction of sp³-hybridized carbons (Fsp3) is 0.455. The number of hydrogen-bond donors (Lipinski definition) is 0. The molecule has 1 saturated carbocycles. The number of anilines is 1. The Bertz CT molecular complexity index is 621. The van der Waals surface area contributed by atoms with Crippen molar-refractivity contribution in [2.24, 2.45) is 0 Å². The summed E-state index contributed by atoms with van der Waals surface area (Å²) >= 11 is 0. The molecule has 2 aromatic rings. The van der Waals surface area contributed by atoms with E-state index in [0.717, 1.165) is 38.6 Å². The molecule has 1 heterocycles. The summed E-state index contributed by atoms with van der Waals surface area (Å²) in [5.74, 6) is 0.821. The summed E-state index contributed by atoms with van der Waals surface area (Å²) in [6.07, 6.45) is 5.60. The van der Waals surface area contributed by atoms with Gasteiger partial charge >= 0.3 is 0 Å². The number of piperazine rings is 1. The quantitative estimate of drug-likeness (QED) is 0.808. The number of hydrogen-bond acceptors (Lipinski definition) is 2. The van der Waals surface area contributed by atoms with Gasteiger partial charge in [0.25, 0.3) is 0 Å². The molecule has 4 rings (SSSR count). The Morgan fingerprint density at radius 2 is 1.42 bits per heavy atom. The van der Waals surface area contributed by atoms with Gasteiger partial charge in [0.2, 0.25) is 0 Å². The van der Waals surface area contributed by atoms with Crippen LogP contribution < -0.4 is 4.90 Å². The van der Waals surface area contributed by atoms with Gasteiger partial charge in [-0.15, -0.1) is 0 Å². The van der Waals surface area contributed by atoms with Crippen molar-refractivity contribution in [2.45, 2.75) is 38.1 Å². The van der Waals surface area contributed by atoms with Crippen molar-refractivity contribution in [1.29, 1.82) is 0 Å². The highest BCUT2D eigenvalue weighted by molar-refractivity contribution is 5.48. The third-order valence-corrected chi connectivity index (χ3v) is 5.71. The molecule has 126 valence electrons. The number of nitrogens with zero attached hydrogens (tertiary/aromatic N) is 2. The van der Waals surface area contributed by atoms with Gasteiger partial charge in [-0.1, -0.05) is 55.3 Å². The Kier molecular flexibility index (Phi) is 4.84. The van der Waals surface area contributed by atoms with Crippen molar-refractivity contribution in [3.8, 4) is 0 Å². The summed E-state index contributed by atoms with van der Waals surface area (Å²) in [5.41, 5.74) is 4.38. The van der Waals surface area contributed by atoms with Crippen LogP contribution >= 0.6 is 0 Å². The monoisotopic (exact) mass is 320 g/mol. The van der Waals surface area contributed by atoms with Crippen molar-refractivity contribution in [1.82, 2.24) is 4.90 Å². The van der Waals surface area contributed by atoms with Gasteiger partial charge in [-0.05, 0) is 42.0 Å². The summed E-state index contributed by atoms with van der Waals surface area (Å²) in [6, 6.07) is 20.3. The molecule has 2 heteroatoms. The molecule has 2 aliphatic rings. The van der Waals surface area contributed by atoms with Gasteiger partial charge in [-0.3, -0.25) is 4.90 Å². The molecule has 2 nitrogen and oxygen atoms in total. The van der Waals surface area contributed by atoms with Gasteiger partial charge in [-0.2, -0.15) is 0 Å². The van der Waals surface area contributed by atoms with Crippen molar-refractivity contribution in [3.05, 3.63) is 65.7 Å². The zero-order valence-corrected chi connectivity index (χ0v) is 14.5. The van der Waals surface area contributed by atoms with Gasteiger partial charge in [0.1, 0.15) is 0 Å². The molecular weight excluding hydrogens is 292 g/mol. The molecule has 2 aromatic carbocycles. The smallest absolute Gasteiger partial charge is 0.0367 e. The standard InChI is InChI=1S/C22H28N2/c1-2-6-19(7-3-1)18-23-14-16-24(17-15-23)22-12-10-21(11-13-22)20-8-4-5-9-20/h1-3,6-7,10-13,20H,4-5,8-9,14-18H2. The lowest BCUT2D eigenvalue weighted by Crippen LogP contribution is -2.45. The predicted octanol–water partition coefficient (Wildman–Crippen LogP) is 4.67. The van der Waals surface area contributed by atoms with E-state index in [1.807, 2.05) is 0 Å². The van der Waals surface area contributed by atoms with Crippen molar-refractivity contribution >= 4 is 5.69 Å². The van der Waals surface area contributed by atoms with E-state index >= 15 is 0 Å². The van der Waals surface area contributed by atoms with Crippen molar-refractivity contribution in [2.75, 3.05) is 31.1 Å². The Labute approximate surface area is 146 Å². The minimum atomic E-state index is 0.821. The largest absolute Gasteiger partial charge is 0.369 e. The Morgan fingerprint density at radius 3 is 2.08 bits per heavy atom. The summed E-state index contributed by atoms with van der Waals surface area (Å²) in [4.78, 5) is 5.11. The fourth-order valence-corrected chi connectivity index (χ4v) is 4.22. The molecule has 0 aromatic heterocycles. The first-order valence-electron chi connectivity index (χ1n) is 9.50. The van der Waals surface area contributed by atoms with Crippen LogP contribution in [-0.4, -0.2) is 31.1 Å². The molecule has 0 spiro atoms. The first-order valence-corrected chi connectivity index (χ1v) is 9.50. The molecule has 1 saturated heterocycles. The average molecular weight is 320 g/mol. The van der Waals surface area contributed by atoms with Gasteiger partial charge in [0, 0.05) is 38.4 Å². The average Bonchev–Trinajstić information content (AvgIpc) is 3.18. The Balaban J connectivity index is 1.32. The lowest BCUT2D eigenvalue weighted by molar-refractivity contribution is 0.250. The molecular formula is C22H28N2. The highest BCUT2D eigenvalue weighted by atomic mass is 15.3. The molecule has 0 bridgehead atoms. The van der Waals surface area contributed by atoms with Crippen molar-refractivity contribution in [3.63, 3.8) is 0 Å². The van der Waals surface area contributed by atoms with E-state index in [4.69, 9.17) is 0 Å². The maximum Gasteiger partial charge on any atom is 0.0367 e. The Morgan fingerprint density at radius 1 is 0.750 bits per heavy atom. The lowest BCUT2D eigenvalue weighted by atomic mass is 9.97. The maximum absolute atomic E-state index is 2.57. The molecule has 1 aliphatic heterocycles. The van der Waals surface area contributed by atoms with Crippen LogP contribution in [0.1, 0.15) is 42.7 Å². The topological polar surface area (TPSA) is 6.48 Å². The summed E-state index contributed by atoms with van der Waals surface area (Å²) in [7, 11) is 0. The zero-order valence-electron chi connectivity index (χ0n) is 14.5. The molecule has 0 atom stereocenters. The molecule has 0 amide bonds. The molecule has 0 radical (unpaired) electrons. The van der Waals surface area contributed by atoms with E-state index in [2.05, 4.69) is 64.4 Å². The molecule has 0 unspecified atom stereocenters. The van der Waals surface area contributed by atoms with E-state index in [9.17, 15) is 0 Å². The van der Waals surface area contributed by atoms with Crippen molar-refractivity contribution < 1.29 is 0 Å². The van der Waals surface area contributed by atoms with Gasteiger partial charge in [-0.25, -0.2) is 0 Å². The van der Waals surface area contributed by atoms with E-state index in [1.165, 1.54) is 36.9 Å². The zero-order chi connectivity index (χ0) is 16.2. The van der Waals surface area contributed by atoms with Gasteiger partial charge in [0.05, 0.1) is 0 Å². The highest BCUT2D eigenvalue weighted by Crippen LogP contribution is 2.34. The van der Waals surface area contributed by atoms with Crippen LogP contribution in [0.2, 0.25) is 0 Å². The second kappa shape index (κ2) is 7.40. The van der Waals surface area contributed by atoms with Crippen LogP contribution in [0.5, 0.6) is 0 Å². The molecule has 0 N–H and O–H groups in total. The van der Waals surface area contributed by atoms with E-state index in [1.54, 1.807) is 5.56 Å². The fourth-order valence-electron chi connectivity index (χ4n) is 4.22. The molecule has 2 fully saturated rings. The molecule has 1 aliphatic carbocycles. The maximum atomic E-state index is 2.57. The van der Waals surface area contributed by atoms with E-state index in [0.29, 0.717) is 0 Å². The van der Waals surface area contributed by atoms with Gasteiger partial charge < -0.3 is 4.90 Å². The first kappa shape index (κ1) is 15.7. The minimum absolute atomic E-state index is 0.821. The highest BCUT2D eigenvalue weighted by Gasteiger charge is 2.19. The second-order valence-electron chi connectivity index (χ2n) is 7.32. The molecule has 24 heavy (non-hydrogen) atoms. The van der Waals surface area contributed by atoms with E-state index < -0.39 is 0 Å². The number of benzene rings is 2. The third-order valence-electron chi connectivity index (χ3n) is 5.71. The summed E-state index contributed by atoms with van der Waals surface area (Å²) < 4.78 is 0. The van der Waals surface area contributed by atoms with Crippen LogP contribution in [0.25, 0.3) is 0 Å². The van der Waals surface area contributed by atoms with Crippen LogP contribution in [0, 0.1) is 0 Å². The van der Waals surface area contributed by atoms with Crippen LogP contribution in [0.4, 0.5) is 5.69 Å². The van der Waals surface area contributed by atoms with Gasteiger partial charge in [0.15, 0.2) is 0 Å². The Hall–Kier alpha value is -1.80. The summed E-state index contributed by atoms with van der Waals surface area (Å²) in [6.45, 7) is 5.65. The normalized spacial score (nSPS) is 19.8. The lowest BCUT2D eigenvalue weighted by Gasteiger charge is -2.36. The number of rotatable bonds is 4. The minimum Gasteiger partial charge on any atom is -0.369 e. The second-order valence-corrected chi connectivity index (χ2v) is 7.32. The van der Waals surface area contributed by atoms with E-state index in [-0.39, 0.29) is 0 Å². The van der Waals surface area contributed by atoms with Crippen LogP contribution in [-0.2, 0) is 6.54 Å². The van der Waals surface area contributed by atoms with Crippen LogP contribution in [0.15, 0.2) is 54.6 Å². The van der Waals surface area contributed by atoms with Crippen LogP contribution in [0.3, 0.4) is 0 Å².